The Morgan fingerprint density at radius 1 is 0.848 bits per heavy atom. The maximum atomic E-state index is 15.9. The van der Waals surface area contributed by atoms with E-state index in [1.54, 1.807) is 108 Å². The van der Waals surface area contributed by atoms with Crippen molar-refractivity contribution >= 4 is 35.8 Å². The lowest BCUT2D eigenvalue weighted by Crippen LogP contribution is -2.81. The van der Waals surface area contributed by atoms with Gasteiger partial charge in [-0.15, -0.1) is 0 Å². The fraction of sp³-hybridized carbons (Fsp3) is 0.480. The standard InChI is InChI=1S/C50H57NO15/c1-27-32(62-44(58)37(54)36(29-18-12-9-13-19-29)51-45(59)66-46(3,4)5)25-50(60)41(64-43(57)31-22-16-11-17-23-31)39-48(8,33(53)24-34-49(39,26-61-34)65-28(2)52)40(55)38(35(27)47(50,6)7)63-42(56)30-20-14-10-15-21-30/h9-23,27,32-34,36-37,39,41,53-54,60H,24-26H2,1-8H3,(H,51,59)/t27?,32-,33-,34+,36-,37+,39?,41-,48+,49-,50+/m0/s1. The van der Waals surface area contributed by atoms with E-state index in [-0.39, 0.29) is 29.7 Å². The van der Waals surface area contributed by atoms with Crippen molar-refractivity contribution in [3.8, 4) is 0 Å². The van der Waals surface area contributed by atoms with Gasteiger partial charge >= 0.3 is 30.0 Å². The minimum atomic E-state index is -2.44. The van der Waals surface area contributed by atoms with Crippen LogP contribution in [0, 0.1) is 22.7 Å². The van der Waals surface area contributed by atoms with Gasteiger partial charge in [0.1, 0.15) is 29.5 Å². The van der Waals surface area contributed by atoms with E-state index in [1.165, 1.54) is 31.2 Å². The molecule has 4 aliphatic rings. The predicted molar refractivity (Wildman–Crippen MR) is 233 cm³/mol. The third-order valence-corrected chi connectivity index (χ3v) is 13.8. The van der Waals surface area contributed by atoms with E-state index < -0.39 is 124 Å². The zero-order valence-electron chi connectivity index (χ0n) is 38.1. The predicted octanol–water partition coefficient (Wildman–Crippen LogP) is 5.33. The van der Waals surface area contributed by atoms with Crippen molar-refractivity contribution in [3.63, 3.8) is 0 Å². The van der Waals surface area contributed by atoms with E-state index in [1.807, 2.05) is 0 Å². The number of hydrogen-bond acceptors (Lipinski definition) is 15. The molecule has 3 aromatic carbocycles. The Kier molecular flexibility index (Phi) is 12.9. The zero-order chi connectivity index (χ0) is 48.1. The van der Waals surface area contributed by atoms with Crippen LogP contribution in [-0.2, 0) is 42.8 Å². The van der Waals surface area contributed by atoms with E-state index in [2.05, 4.69) is 5.32 Å². The molecule has 0 spiro atoms. The molecule has 3 aromatic rings. The minimum absolute atomic E-state index is 0.0366. The molecule has 2 bridgehead atoms. The maximum absolute atomic E-state index is 15.9. The molecule has 2 saturated carbocycles. The van der Waals surface area contributed by atoms with Crippen molar-refractivity contribution in [3.05, 3.63) is 119 Å². The number of amides is 1. The lowest BCUT2D eigenvalue weighted by Gasteiger charge is -2.67. The first kappa shape index (κ1) is 48.0. The van der Waals surface area contributed by atoms with Crippen LogP contribution in [-0.4, -0.2) is 105 Å². The Labute approximate surface area is 382 Å². The second kappa shape index (κ2) is 17.7. The molecule has 1 saturated heterocycles. The van der Waals surface area contributed by atoms with Gasteiger partial charge in [0, 0.05) is 31.1 Å². The topological polar surface area (TPSA) is 231 Å². The Balaban J connectivity index is 1.43. The highest BCUT2D eigenvalue weighted by Crippen LogP contribution is 2.65. The van der Waals surface area contributed by atoms with Crippen molar-refractivity contribution in [1.29, 1.82) is 0 Å². The first-order valence-corrected chi connectivity index (χ1v) is 21.9. The van der Waals surface area contributed by atoms with Crippen LogP contribution in [0.25, 0.3) is 0 Å². The molecule has 4 N–H and O–H groups in total. The van der Waals surface area contributed by atoms with Crippen molar-refractivity contribution < 1.29 is 72.5 Å². The van der Waals surface area contributed by atoms with Crippen LogP contribution in [0.1, 0.15) is 101 Å². The average molecular weight is 912 g/mol. The van der Waals surface area contributed by atoms with Crippen LogP contribution in [0.4, 0.5) is 4.79 Å². The molecule has 1 amide bonds. The van der Waals surface area contributed by atoms with Crippen LogP contribution in [0.2, 0.25) is 0 Å². The Hall–Kier alpha value is -5.94. The molecule has 66 heavy (non-hydrogen) atoms. The number of nitrogens with one attached hydrogen (secondary N) is 1. The van der Waals surface area contributed by atoms with E-state index in [9.17, 15) is 39.3 Å². The molecule has 1 aliphatic heterocycles. The monoisotopic (exact) mass is 911 g/mol. The summed E-state index contributed by atoms with van der Waals surface area (Å²) in [6, 6.07) is 22.4. The van der Waals surface area contributed by atoms with Crippen molar-refractivity contribution in [2.24, 2.45) is 22.7 Å². The third kappa shape index (κ3) is 8.39. The van der Waals surface area contributed by atoms with Gasteiger partial charge in [0.05, 0.1) is 41.2 Å². The van der Waals surface area contributed by atoms with Crippen LogP contribution in [0.3, 0.4) is 0 Å². The second-order valence-corrected chi connectivity index (χ2v) is 19.4. The zero-order valence-corrected chi connectivity index (χ0v) is 38.1. The summed E-state index contributed by atoms with van der Waals surface area (Å²) >= 11 is 0. The molecule has 0 radical (unpaired) electrons. The van der Waals surface area contributed by atoms with Crippen LogP contribution in [0.5, 0.6) is 0 Å². The summed E-state index contributed by atoms with van der Waals surface area (Å²) in [6.45, 7) is 11.8. The number of alkyl carbamates (subject to hydrolysis) is 1. The smallest absolute Gasteiger partial charge is 0.408 e. The Morgan fingerprint density at radius 3 is 1.94 bits per heavy atom. The summed E-state index contributed by atoms with van der Waals surface area (Å²) in [5, 5.41) is 40.5. The minimum Gasteiger partial charge on any atom is -0.460 e. The molecule has 16 nitrogen and oxygen atoms in total. The fourth-order valence-electron chi connectivity index (χ4n) is 10.4. The number of aliphatic hydroxyl groups is 3. The van der Waals surface area contributed by atoms with Gasteiger partial charge in [-0.2, -0.15) is 0 Å². The lowest BCUT2D eigenvalue weighted by atomic mass is 9.45. The highest BCUT2D eigenvalue weighted by molar-refractivity contribution is 6.04. The summed E-state index contributed by atoms with van der Waals surface area (Å²) in [6.07, 6.45) is -9.84. The number of esters is 4. The molecule has 3 fully saturated rings. The van der Waals surface area contributed by atoms with Crippen LogP contribution < -0.4 is 5.32 Å². The van der Waals surface area contributed by atoms with E-state index in [0.717, 1.165) is 6.92 Å². The van der Waals surface area contributed by atoms with Gasteiger partial charge in [0.25, 0.3) is 0 Å². The molecule has 2 unspecified atom stereocenters. The molecule has 1 heterocycles. The number of allylic oxidation sites excluding steroid dienone is 1. The Bertz CT molecular complexity index is 2400. The number of fused-ring (bicyclic) bond motifs is 5. The van der Waals surface area contributed by atoms with Gasteiger partial charge in [-0.05, 0) is 63.1 Å². The highest BCUT2D eigenvalue weighted by Gasteiger charge is 2.78. The first-order chi connectivity index (χ1) is 31.0. The Morgan fingerprint density at radius 2 is 1.41 bits per heavy atom. The van der Waals surface area contributed by atoms with Gasteiger partial charge < -0.3 is 49.1 Å². The number of hydrogen-bond donors (Lipinski definition) is 4. The number of benzene rings is 3. The van der Waals surface area contributed by atoms with Gasteiger partial charge in [-0.3, -0.25) is 9.59 Å². The number of carbonyl (C=O) groups excluding carboxylic acids is 6. The van der Waals surface area contributed by atoms with Crippen LogP contribution >= 0.6 is 0 Å². The molecule has 352 valence electrons. The van der Waals surface area contributed by atoms with E-state index in [0.29, 0.717) is 5.56 Å². The summed E-state index contributed by atoms with van der Waals surface area (Å²) in [5.41, 5.74) is -8.67. The quantitative estimate of drug-likeness (QED) is 0.149. The molecular formula is C50H57NO15. The van der Waals surface area contributed by atoms with Gasteiger partial charge in [-0.1, -0.05) is 87.5 Å². The molecular weight excluding hydrogens is 855 g/mol. The summed E-state index contributed by atoms with van der Waals surface area (Å²) in [7, 11) is 0. The molecule has 16 heteroatoms. The van der Waals surface area contributed by atoms with Gasteiger partial charge in [0.15, 0.2) is 17.5 Å². The largest absolute Gasteiger partial charge is 0.460 e. The van der Waals surface area contributed by atoms with E-state index >= 15 is 4.79 Å². The molecule has 0 aromatic heterocycles. The third-order valence-electron chi connectivity index (χ3n) is 13.8. The highest BCUT2D eigenvalue weighted by atomic mass is 16.6. The number of rotatable bonds is 10. The lowest BCUT2D eigenvalue weighted by molar-refractivity contribution is -0.345. The normalized spacial score (nSPS) is 30.9. The molecule has 11 atom stereocenters. The number of Topliss-reactive ketones (excluding diaryl/α,β-unsaturated/α-hetero) is 1. The SMILES string of the molecule is CC(=O)O[C@@]12CO[C@@H]1C[C@H](O)[C@@]1(C)C(=O)C(OC(=O)c3ccccc3)=C3C(C)[C@@H](OC(=O)[C@H](O)[C@@H](NC(=O)OC(C)(C)C)c4ccccc4)C[C@@](O)([C@@H](OC(=O)c4ccccc4)C12)C3(C)C. The van der Waals surface area contributed by atoms with Gasteiger partial charge in [0.2, 0.25) is 5.78 Å². The number of carbonyl (C=O) groups is 6. The summed E-state index contributed by atoms with van der Waals surface area (Å²) in [5.74, 6) is -8.20. The van der Waals surface area contributed by atoms with Crippen LogP contribution in [0.15, 0.2) is 102 Å². The number of aliphatic hydroxyl groups excluding tert-OH is 2. The van der Waals surface area contributed by atoms with Gasteiger partial charge in [-0.25, -0.2) is 19.2 Å². The van der Waals surface area contributed by atoms with Crippen molar-refractivity contribution in [2.45, 2.75) is 122 Å². The van der Waals surface area contributed by atoms with E-state index in [4.69, 9.17) is 28.4 Å². The summed E-state index contributed by atoms with van der Waals surface area (Å²) < 4.78 is 36.2. The molecule has 7 rings (SSSR count). The molecule has 3 aliphatic carbocycles. The first-order valence-electron chi connectivity index (χ1n) is 21.9. The average Bonchev–Trinajstić information content (AvgIpc) is 3.26. The number of ketones is 1. The fourth-order valence-corrected chi connectivity index (χ4v) is 10.4. The van der Waals surface area contributed by atoms with Crippen molar-refractivity contribution in [1.82, 2.24) is 5.32 Å². The summed E-state index contributed by atoms with van der Waals surface area (Å²) in [4.78, 5) is 85.1. The maximum Gasteiger partial charge on any atom is 0.408 e. The van der Waals surface area contributed by atoms with Crippen molar-refractivity contribution in [2.75, 3.05) is 6.61 Å². The second-order valence-electron chi connectivity index (χ2n) is 19.4. The number of ether oxygens (including phenoxy) is 6.